The van der Waals surface area contributed by atoms with Crippen LogP contribution in [0, 0.1) is 0 Å². The summed E-state index contributed by atoms with van der Waals surface area (Å²) in [6, 6.07) is 13.2. The number of methoxy groups -OCH3 is 1. The average molecular weight is 624 g/mol. The second-order valence-corrected chi connectivity index (χ2v) is 10.2. The number of ether oxygens (including phenoxy) is 5. The minimum atomic E-state index is -0.552. The summed E-state index contributed by atoms with van der Waals surface area (Å²) in [5.74, 6) is 0.626. The fourth-order valence-electron chi connectivity index (χ4n) is 5.01. The van der Waals surface area contributed by atoms with Crippen molar-refractivity contribution in [2.75, 3.05) is 101 Å². The van der Waals surface area contributed by atoms with E-state index in [0.29, 0.717) is 88.5 Å². The van der Waals surface area contributed by atoms with Gasteiger partial charge in [0.25, 0.3) is 0 Å². The van der Waals surface area contributed by atoms with Crippen LogP contribution in [0.15, 0.2) is 63.0 Å². The van der Waals surface area contributed by atoms with Gasteiger partial charge in [-0.25, -0.2) is 9.80 Å². The molecule has 1 aliphatic rings. The van der Waals surface area contributed by atoms with E-state index >= 15 is 0 Å². The van der Waals surface area contributed by atoms with Gasteiger partial charge in [0.2, 0.25) is 0 Å². The van der Waals surface area contributed by atoms with E-state index in [1.165, 1.54) is 5.01 Å². The Kier molecular flexibility index (Phi) is 13.1. The normalized spacial score (nSPS) is 16.1. The SMILES string of the molecule is C=NN(/C=C(\N)c1ccc(N2CCOCCOCCOCCOCC2)c(OC)c1)c1cc2ccc(N(CC)CC)cc2oc1=O. The average Bonchev–Trinajstić information content (AvgIpc) is 3.07. The lowest BCUT2D eigenvalue weighted by molar-refractivity contribution is 0.00206. The molecule has 45 heavy (non-hydrogen) atoms. The van der Waals surface area contributed by atoms with Gasteiger partial charge >= 0.3 is 5.63 Å². The highest BCUT2D eigenvalue weighted by Gasteiger charge is 2.17. The molecule has 0 unspecified atom stereocenters. The van der Waals surface area contributed by atoms with E-state index in [-0.39, 0.29) is 5.69 Å². The topological polar surface area (TPSA) is 124 Å². The van der Waals surface area contributed by atoms with Crippen LogP contribution in [0.2, 0.25) is 0 Å². The van der Waals surface area contributed by atoms with Gasteiger partial charge in [-0.3, -0.25) is 0 Å². The molecule has 4 rings (SSSR count). The predicted octanol–water partition coefficient (Wildman–Crippen LogP) is 3.91. The number of nitrogens with zero attached hydrogens (tertiary/aromatic N) is 4. The maximum atomic E-state index is 13.0. The molecule has 0 radical (unpaired) electrons. The third kappa shape index (κ3) is 9.21. The third-order valence-electron chi connectivity index (χ3n) is 7.47. The van der Waals surface area contributed by atoms with Crippen molar-refractivity contribution >= 4 is 40.4 Å². The van der Waals surface area contributed by atoms with Gasteiger partial charge in [-0.05, 0) is 44.2 Å². The van der Waals surface area contributed by atoms with Gasteiger partial charge in [-0.1, -0.05) is 6.07 Å². The maximum absolute atomic E-state index is 13.0. The van der Waals surface area contributed by atoms with Crippen LogP contribution < -0.4 is 30.9 Å². The predicted molar refractivity (Wildman–Crippen MR) is 179 cm³/mol. The molecule has 2 heterocycles. The molecule has 0 bridgehead atoms. The smallest absolute Gasteiger partial charge is 0.362 e. The van der Waals surface area contributed by atoms with Gasteiger partial charge in [0.1, 0.15) is 11.3 Å². The maximum Gasteiger partial charge on any atom is 0.362 e. The zero-order chi connectivity index (χ0) is 32.0. The molecule has 12 nitrogen and oxygen atoms in total. The van der Waals surface area contributed by atoms with E-state index < -0.39 is 5.63 Å². The quantitative estimate of drug-likeness (QED) is 0.212. The second-order valence-electron chi connectivity index (χ2n) is 10.2. The summed E-state index contributed by atoms with van der Waals surface area (Å²) < 4.78 is 34.1. The Balaban J connectivity index is 1.55. The molecule has 1 aromatic heterocycles. The molecule has 0 aliphatic carbocycles. The van der Waals surface area contributed by atoms with Crippen molar-refractivity contribution in [2.24, 2.45) is 10.8 Å². The van der Waals surface area contributed by atoms with E-state index in [9.17, 15) is 4.79 Å². The number of anilines is 3. The molecule has 2 N–H and O–H groups in total. The Morgan fingerprint density at radius 2 is 1.56 bits per heavy atom. The van der Waals surface area contributed by atoms with E-state index in [0.717, 1.165) is 29.9 Å². The molecule has 244 valence electrons. The van der Waals surface area contributed by atoms with Gasteiger partial charge < -0.3 is 43.6 Å². The van der Waals surface area contributed by atoms with Gasteiger partial charge in [-0.2, -0.15) is 5.10 Å². The Bertz CT molecular complexity index is 1460. The summed E-state index contributed by atoms with van der Waals surface area (Å²) >= 11 is 0. The second kappa shape index (κ2) is 17.4. The van der Waals surface area contributed by atoms with Crippen LogP contribution in [0.4, 0.5) is 17.1 Å². The summed E-state index contributed by atoms with van der Waals surface area (Å²) in [7, 11) is 1.61. The van der Waals surface area contributed by atoms with Gasteiger partial charge in [-0.15, -0.1) is 0 Å². The van der Waals surface area contributed by atoms with Crippen LogP contribution >= 0.6 is 0 Å². The first-order chi connectivity index (χ1) is 22.0. The van der Waals surface area contributed by atoms with Crippen molar-refractivity contribution in [3.05, 3.63) is 64.6 Å². The molecule has 12 heteroatoms. The lowest BCUT2D eigenvalue weighted by atomic mass is 10.1. The summed E-state index contributed by atoms with van der Waals surface area (Å²) in [4.78, 5) is 17.4. The molecule has 2 aromatic carbocycles. The lowest BCUT2D eigenvalue weighted by Crippen LogP contribution is -2.32. The Labute approximate surface area is 264 Å². The van der Waals surface area contributed by atoms with Crippen LogP contribution in [-0.2, 0) is 18.9 Å². The van der Waals surface area contributed by atoms with Gasteiger partial charge in [0.05, 0.1) is 77.5 Å². The fourth-order valence-corrected chi connectivity index (χ4v) is 5.01. The van der Waals surface area contributed by atoms with Crippen LogP contribution in [0.5, 0.6) is 5.75 Å². The molecule has 1 fully saturated rings. The highest BCUT2D eigenvalue weighted by atomic mass is 16.6. The van der Waals surface area contributed by atoms with E-state index in [1.807, 2.05) is 36.4 Å². The number of fused-ring (bicyclic) bond motifs is 1. The van der Waals surface area contributed by atoms with E-state index in [2.05, 4.69) is 35.5 Å². The largest absolute Gasteiger partial charge is 0.495 e. The first-order valence-corrected chi connectivity index (χ1v) is 15.3. The molecule has 1 saturated heterocycles. The molecule has 0 amide bonds. The van der Waals surface area contributed by atoms with Crippen molar-refractivity contribution in [2.45, 2.75) is 13.8 Å². The first kappa shape index (κ1) is 33.8. The number of hydrogen-bond acceptors (Lipinski definition) is 12. The van der Waals surface area contributed by atoms with E-state index in [1.54, 1.807) is 19.4 Å². The van der Waals surface area contributed by atoms with Crippen molar-refractivity contribution < 1.29 is 28.1 Å². The zero-order valence-electron chi connectivity index (χ0n) is 26.5. The highest BCUT2D eigenvalue weighted by Crippen LogP contribution is 2.31. The van der Waals surface area contributed by atoms with Crippen molar-refractivity contribution in [1.29, 1.82) is 0 Å². The minimum Gasteiger partial charge on any atom is -0.495 e. The molecule has 1 aliphatic heterocycles. The van der Waals surface area contributed by atoms with Crippen LogP contribution in [0.1, 0.15) is 19.4 Å². The minimum absolute atomic E-state index is 0.192. The van der Waals surface area contributed by atoms with Gasteiger partial charge in [0.15, 0.2) is 5.69 Å². The number of hydrogen-bond donors (Lipinski definition) is 1. The standard InChI is InChI=1S/C33H45N5O7/c1-5-36(6-2)27-9-7-26-21-30(33(39)45-31(26)23-27)38(35-3)24-28(34)25-8-10-29(32(22-25)40-4)37-11-13-41-15-17-43-19-20-44-18-16-42-14-12-37/h7-10,21-24H,3,5-6,11-20,34H2,1-2,4H3/b28-24-. The lowest BCUT2D eigenvalue weighted by Gasteiger charge is -2.27. The molecule has 3 aromatic rings. The fraction of sp³-hybridized carbons (Fsp3) is 0.455. The van der Waals surface area contributed by atoms with Crippen molar-refractivity contribution in [3.8, 4) is 5.75 Å². The number of nitrogens with two attached hydrogens (primary N) is 1. The molecular formula is C33H45N5O7. The van der Waals surface area contributed by atoms with Crippen LogP contribution in [0.3, 0.4) is 0 Å². The summed E-state index contributed by atoms with van der Waals surface area (Å²) in [6.45, 7) is 14.9. The third-order valence-corrected chi connectivity index (χ3v) is 7.47. The molecule has 0 atom stereocenters. The Hall–Kier alpha value is -4.10. The molecule has 0 spiro atoms. The zero-order valence-corrected chi connectivity index (χ0v) is 26.5. The number of rotatable bonds is 9. The van der Waals surface area contributed by atoms with Gasteiger partial charge in [0, 0.05) is 55.6 Å². The summed E-state index contributed by atoms with van der Waals surface area (Å²) in [5, 5.41) is 6.12. The molecule has 0 saturated carbocycles. The monoisotopic (exact) mass is 623 g/mol. The number of hydrazone groups is 1. The summed E-state index contributed by atoms with van der Waals surface area (Å²) in [6.07, 6.45) is 1.54. The van der Waals surface area contributed by atoms with Crippen molar-refractivity contribution in [3.63, 3.8) is 0 Å². The van der Waals surface area contributed by atoms with Crippen LogP contribution in [0.25, 0.3) is 16.7 Å². The molecular weight excluding hydrogens is 578 g/mol. The Morgan fingerprint density at radius 3 is 2.13 bits per heavy atom. The Morgan fingerprint density at radius 1 is 0.933 bits per heavy atom. The summed E-state index contributed by atoms with van der Waals surface area (Å²) in [5.41, 5.74) is 9.55. The highest BCUT2D eigenvalue weighted by molar-refractivity contribution is 5.84. The number of benzene rings is 2. The first-order valence-electron chi connectivity index (χ1n) is 15.3. The van der Waals surface area contributed by atoms with Crippen molar-refractivity contribution in [1.82, 2.24) is 0 Å². The van der Waals surface area contributed by atoms with Crippen LogP contribution in [-0.4, -0.2) is 92.9 Å². The van der Waals surface area contributed by atoms with E-state index in [4.69, 9.17) is 33.8 Å².